The Bertz CT molecular complexity index is 364. The first-order valence-corrected chi connectivity index (χ1v) is 6.54. The lowest BCUT2D eigenvalue weighted by Crippen LogP contribution is -2.57. The molecule has 2 aliphatic heterocycles. The molecule has 2 aliphatic rings. The first-order valence-electron chi connectivity index (χ1n) is 5.66. The highest BCUT2D eigenvalue weighted by Gasteiger charge is 2.50. The van der Waals surface area contributed by atoms with Gasteiger partial charge in [-0.05, 0) is 6.92 Å². The quantitative estimate of drug-likeness (QED) is 0.538. The minimum Gasteiger partial charge on any atom is -0.467 e. The van der Waals surface area contributed by atoms with E-state index in [4.69, 9.17) is 4.74 Å². The van der Waals surface area contributed by atoms with Gasteiger partial charge in [-0.15, -0.1) is 0 Å². The zero-order valence-corrected chi connectivity index (χ0v) is 10.9. The Labute approximate surface area is 109 Å². The molecule has 2 rings (SSSR count). The van der Waals surface area contributed by atoms with Gasteiger partial charge in [0.25, 0.3) is 0 Å². The number of aliphatic hydroxyl groups excluding tert-OH is 2. The monoisotopic (exact) mass is 276 g/mol. The summed E-state index contributed by atoms with van der Waals surface area (Å²) in [5.74, 6) is -0.697. The van der Waals surface area contributed by atoms with Crippen molar-refractivity contribution in [1.82, 2.24) is 5.32 Å². The topological polar surface area (TPSA) is 100 Å². The van der Waals surface area contributed by atoms with Crippen LogP contribution in [0.2, 0.25) is 0 Å². The van der Waals surface area contributed by atoms with Crippen LogP contribution < -0.4 is 5.32 Å². The van der Waals surface area contributed by atoms with Crippen molar-refractivity contribution in [2.24, 2.45) is 4.99 Å². The second-order valence-corrected chi connectivity index (χ2v) is 5.09. The van der Waals surface area contributed by atoms with E-state index in [0.717, 1.165) is 0 Å². The molecule has 18 heavy (non-hydrogen) atoms. The number of carbonyl (C=O) groups is 1. The van der Waals surface area contributed by atoms with E-state index < -0.39 is 35.8 Å². The summed E-state index contributed by atoms with van der Waals surface area (Å²) in [6.45, 7) is 2.62. The fourth-order valence-corrected chi connectivity index (χ4v) is 3.07. The minimum absolute atomic E-state index is 0.485. The van der Waals surface area contributed by atoms with Gasteiger partial charge < -0.3 is 25.0 Å². The summed E-state index contributed by atoms with van der Waals surface area (Å²) in [5.41, 5.74) is -0.485. The molecule has 1 saturated heterocycles. The number of methoxy groups -OCH3 is 1. The van der Waals surface area contributed by atoms with Crippen molar-refractivity contribution in [1.29, 1.82) is 0 Å². The van der Waals surface area contributed by atoms with Crippen LogP contribution in [0.4, 0.5) is 0 Å². The Hall–Kier alpha value is -0.830. The van der Waals surface area contributed by atoms with Crippen LogP contribution >= 0.6 is 11.8 Å². The van der Waals surface area contributed by atoms with Crippen molar-refractivity contribution in [3.05, 3.63) is 0 Å². The van der Waals surface area contributed by atoms with Crippen LogP contribution in [-0.2, 0) is 14.3 Å². The molecule has 0 radical (unpaired) electrons. The maximum Gasteiger partial charge on any atom is 0.337 e. The van der Waals surface area contributed by atoms with Crippen LogP contribution in [0.3, 0.4) is 0 Å². The van der Waals surface area contributed by atoms with Gasteiger partial charge in [0.2, 0.25) is 0 Å². The van der Waals surface area contributed by atoms with E-state index in [1.54, 1.807) is 0 Å². The Morgan fingerprint density at radius 3 is 2.89 bits per heavy atom. The summed E-state index contributed by atoms with van der Waals surface area (Å²) < 4.78 is 9.98. The third-order valence-electron chi connectivity index (χ3n) is 2.83. The van der Waals surface area contributed by atoms with Crippen LogP contribution in [0, 0.1) is 0 Å². The van der Waals surface area contributed by atoms with E-state index >= 15 is 0 Å². The van der Waals surface area contributed by atoms with Gasteiger partial charge in [0, 0.05) is 6.54 Å². The SMILES string of the molecule is CCNC1=N[C@H]2[C@@H](O)[C@H](O)[C@@H](C(=O)OC)O[C@H]2S1. The van der Waals surface area contributed by atoms with Crippen LogP contribution in [0.25, 0.3) is 0 Å². The first-order chi connectivity index (χ1) is 8.58. The van der Waals surface area contributed by atoms with Gasteiger partial charge in [-0.25, -0.2) is 4.79 Å². The zero-order chi connectivity index (χ0) is 13.3. The molecule has 0 amide bonds. The number of amidine groups is 1. The molecule has 0 bridgehead atoms. The maximum atomic E-state index is 11.4. The van der Waals surface area contributed by atoms with E-state index in [2.05, 4.69) is 15.0 Å². The first kappa shape index (κ1) is 13.6. The summed E-state index contributed by atoms with van der Waals surface area (Å²) in [5, 5.41) is 23.5. The lowest BCUT2D eigenvalue weighted by Gasteiger charge is -2.36. The summed E-state index contributed by atoms with van der Waals surface area (Å²) >= 11 is 1.29. The Kier molecular flexibility index (Phi) is 4.10. The second-order valence-electron chi connectivity index (χ2n) is 4.00. The lowest BCUT2D eigenvalue weighted by atomic mass is 9.98. The largest absolute Gasteiger partial charge is 0.467 e. The number of carbonyl (C=O) groups excluding carboxylic acids is 1. The molecule has 0 aromatic carbocycles. The predicted octanol–water partition coefficient (Wildman–Crippen LogP) is -1.31. The number of ether oxygens (including phenoxy) is 2. The number of hydrogen-bond donors (Lipinski definition) is 3. The van der Waals surface area contributed by atoms with E-state index in [1.165, 1.54) is 18.9 Å². The third-order valence-corrected chi connectivity index (χ3v) is 3.92. The van der Waals surface area contributed by atoms with E-state index in [-0.39, 0.29) is 0 Å². The number of nitrogens with one attached hydrogen (secondary N) is 1. The number of esters is 1. The van der Waals surface area contributed by atoms with Crippen LogP contribution in [-0.4, -0.2) is 64.8 Å². The number of hydrogen-bond acceptors (Lipinski definition) is 8. The fourth-order valence-electron chi connectivity index (χ4n) is 1.91. The number of nitrogens with zero attached hydrogens (tertiary/aromatic N) is 1. The summed E-state index contributed by atoms with van der Waals surface area (Å²) in [7, 11) is 1.21. The molecular formula is C10H16N2O5S. The van der Waals surface area contributed by atoms with Crippen molar-refractivity contribution >= 4 is 22.9 Å². The second kappa shape index (κ2) is 5.43. The highest BCUT2D eigenvalue weighted by atomic mass is 32.2. The number of fused-ring (bicyclic) bond motifs is 1. The molecule has 8 heteroatoms. The highest BCUT2D eigenvalue weighted by Crippen LogP contribution is 2.36. The highest BCUT2D eigenvalue weighted by molar-refractivity contribution is 8.14. The Morgan fingerprint density at radius 1 is 1.56 bits per heavy atom. The Morgan fingerprint density at radius 2 is 2.28 bits per heavy atom. The lowest BCUT2D eigenvalue weighted by molar-refractivity contribution is -0.187. The average Bonchev–Trinajstić information content (AvgIpc) is 2.76. The van der Waals surface area contributed by atoms with Gasteiger partial charge >= 0.3 is 5.97 Å². The van der Waals surface area contributed by atoms with E-state index in [1.807, 2.05) is 6.92 Å². The fraction of sp³-hybridized carbons (Fsp3) is 0.800. The normalized spacial score (nSPS) is 38.9. The summed E-state index contributed by atoms with van der Waals surface area (Å²) in [4.78, 5) is 15.7. The molecule has 7 nitrogen and oxygen atoms in total. The average molecular weight is 276 g/mol. The molecule has 0 aromatic heterocycles. The van der Waals surface area contributed by atoms with E-state index in [0.29, 0.717) is 11.7 Å². The van der Waals surface area contributed by atoms with Crippen LogP contribution in [0.15, 0.2) is 4.99 Å². The van der Waals surface area contributed by atoms with Crippen LogP contribution in [0.1, 0.15) is 6.92 Å². The molecule has 1 fully saturated rings. The molecule has 5 atom stereocenters. The third kappa shape index (κ3) is 2.33. The molecule has 0 aliphatic carbocycles. The van der Waals surface area contributed by atoms with Gasteiger partial charge in [0.15, 0.2) is 11.3 Å². The minimum atomic E-state index is -1.33. The van der Waals surface area contributed by atoms with Crippen molar-refractivity contribution in [3.63, 3.8) is 0 Å². The number of aliphatic hydroxyl groups is 2. The zero-order valence-electron chi connectivity index (χ0n) is 10.1. The molecule has 3 N–H and O–H groups in total. The van der Waals surface area contributed by atoms with Crippen molar-refractivity contribution in [2.45, 2.75) is 36.7 Å². The van der Waals surface area contributed by atoms with Crippen molar-refractivity contribution in [3.8, 4) is 0 Å². The molecule has 102 valence electrons. The number of aliphatic imine (C=N–C) groups is 1. The molecular weight excluding hydrogens is 260 g/mol. The van der Waals surface area contributed by atoms with Crippen molar-refractivity contribution < 1.29 is 24.5 Å². The van der Waals surface area contributed by atoms with Gasteiger partial charge in [-0.1, -0.05) is 11.8 Å². The molecule has 0 aromatic rings. The number of thioether (sulfide) groups is 1. The summed E-state index contributed by atoms with van der Waals surface area (Å²) in [6, 6.07) is -0.569. The maximum absolute atomic E-state index is 11.4. The van der Waals surface area contributed by atoms with Gasteiger partial charge in [-0.2, -0.15) is 0 Å². The van der Waals surface area contributed by atoms with Gasteiger partial charge in [0.1, 0.15) is 23.7 Å². The van der Waals surface area contributed by atoms with E-state index in [9.17, 15) is 15.0 Å². The molecule has 0 unspecified atom stereocenters. The Balaban J connectivity index is 2.11. The molecule has 2 heterocycles. The van der Waals surface area contributed by atoms with Crippen molar-refractivity contribution in [2.75, 3.05) is 13.7 Å². The molecule has 0 saturated carbocycles. The predicted molar refractivity (Wildman–Crippen MR) is 65.2 cm³/mol. The summed E-state index contributed by atoms with van der Waals surface area (Å²) in [6.07, 6.45) is -3.64. The van der Waals surface area contributed by atoms with Gasteiger partial charge in [0.05, 0.1) is 7.11 Å². The van der Waals surface area contributed by atoms with Gasteiger partial charge in [-0.3, -0.25) is 4.99 Å². The molecule has 0 spiro atoms. The number of rotatable bonds is 2. The van der Waals surface area contributed by atoms with Crippen LogP contribution in [0.5, 0.6) is 0 Å². The smallest absolute Gasteiger partial charge is 0.337 e. The standard InChI is InChI=1S/C10H16N2O5S/c1-3-11-10-12-4-5(13)6(14)7(8(15)16-2)17-9(4)18-10/h4-7,9,13-14H,3H2,1-2H3,(H,11,12)/t4-,5+,6-,7-,9-/m0/s1.